The molecule has 1 amide bonds. The first-order valence-corrected chi connectivity index (χ1v) is 5.51. The lowest BCUT2D eigenvalue weighted by Gasteiger charge is -2.09. The number of carbonyl (C=O) groups excluding carboxylic acids is 1. The number of phenols is 1. The first-order valence-electron chi connectivity index (χ1n) is 5.13. The van der Waals surface area contributed by atoms with Crippen molar-refractivity contribution in [3.05, 3.63) is 53.1 Å². The molecule has 0 fully saturated rings. The van der Waals surface area contributed by atoms with Crippen LogP contribution in [-0.4, -0.2) is 11.0 Å². The Bertz CT molecular complexity index is 599. The molecule has 92 valence electrons. The second-order valence-corrected chi connectivity index (χ2v) is 3.98. The van der Waals surface area contributed by atoms with Crippen LogP contribution in [0.15, 0.2) is 42.5 Å². The average Bonchev–Trinajstić information content (AvgIpc) is 2.34. The summed E-state index contributed by atoms with van der Waals surface area (Å²) in [5.41, 5.74) is 5.52. The second-order valence-electron chi connectivity index (χ2n) is 3.58. The number of hydrogen-bond acceptors (Lipinski definition) is 3. The quantitative estimate of drug-likeness (QED) is 0.894. The Morgan fingerprint density at radius 2 is 1.94 bits per heavy atom. The Kier molecular flexibility index (Phi) is 3.39. The van der Waals surface area contributed by atoms with E-state index in [0.717, 1.165) is 0 Å². The van der Waals surface area contributed by atoms with E-state index in [0.29, 0.717) is 11.5 Å². The van der Waals surface area contributed by atoms with E-state index in [1.807, 2.05) is 0 Å². The molecule has 0 aliphatic heterocycles. The van der Waals surface area contributed by atoms with E-state index in [1.165, 1.54) is 12.1 Å². The Hall–Kier alpha value is -2.20. The van der Waals surface area contributed by atoms with Gasteiger partial charge >= 0.3 is 0 Å². The van der Waals surface area contributed by atoms with Crippen LogP contribution in [0.5, 0.6) is 17.2 Å². The third-order valence-electron chi connectivity index (χ3n) is 2.30. The van der Waals surface area contributed by atoms with E-state index < -0.39 is 5.91 Å². The van der Waals surface area contributed by atoms with Crippen LogP contribution in [0.2, 0.25) is 5.02 Å². The summed E-state index contributed by atoms with van der Waals surface area (Å²) in [6.07, 6.45) is 0. The van der Waals surface area contributed by atoms with E-state index in [9.17, 15) is 9.90 Å². The van der Waals surface area contributed by atoms with Crippen LogP contribution in [0, 0.1) is 0 Å². The summed E-state index contributed by atoms with van der Waals surface area (Å²) in [5.74, 6) is 0.140. The first-order chi connectivity index (χ1) is 8.58. The predicted molar refractivity (Wildman–Crippen MR) is 68.2 cm³/mol. The van der Waals surface area contributed by atoms with Crippen molar-refractivity contribution in [3.63, 3.8) is 0 Å². The molecular formula is C13H10ClNO3. The van der Waals surface area contributed by atoms with Gasteiger partial charge < -0.3 is 15.6 Å². The maximum Gasteiger partial charge on any atom is 0.252 e. The van der Waals surface area contributed by atoms with Crippen molar-refractivity contribution >= 4 is 17.5 Å². The highest BCUT2D eigenvalue weighted by Gasteiger charge is 2.10. The fourth-order valence-electron chi connectivity index (χ4n) is 1.44. The van der Waals surface area contributed by atoms with Crippen LogP contribution in [0.3, 0.4) is 0 Å². The molecule has 0 aromatic heterocycles. The molecule has 2 aromatic rings. The van der Waals surface area contributed by atoms with Gasteiger partial charge in [0.1, 0.15) is 17.2 Å². The number of para-hydroxylation sites is 1. The molecule has 4 nitrogen and oxygen atoms in total. The lowest BCUT2D eigenvalue weighted by Crippen LogP contribution is -2.11. The van der Waals surface area contributed by atoms with E-state index >= 15 is 0 Å². The van der Waals surface area contributed by atoms with Crippen molar-refractivity contribution in [3.8, 4) is 17.2 Å². The monoisotopic (exact) mass is 263 g/mol. The van der Waals surface area contributed by atoms with Crippen LogP contribution in [-0.2, 0) is 0 Å². The highest BCUT2D eigenvalue weighted by Crippen LogP contribution is 2.31. The third-order valence-corrected chi connectivity index (χ3v) is 2.60. The summed E-state index contributed by atoms with van der Waals surface area (Å²) in [7, 11) is 0. The number of amides is 1. The Balaban J connectivity index is 2.34. The average molecular weight is 264 g/mol. The van der Waals surface area contributed by atoms with Crippen molar-refractivity contribution in [2.24, 2.45) is 5.73 Å². The zero-order chi connectivity index (χ0) is 13.1. The summed E-state index contributed by atoms with van der Waals surface area (Å²) in [6.45, 7) is 0. The molecule has 0 aliphatic rings. The van der Waals surface area contributed by atoms with Gasteiger partial charge in [0.2, 0.25) is 0 Å². The van der Waals surface area contributed by atoms with Crippen LogP contribution >= 0.6 is 11.6 Å². The molecule has 0 saturated heterocycles. The molecule has 2 aromatic carbocycles. The summed E-state index contributed by atoms with van der Waals surface area (Å²) in [4.78, 5) is 11.2. The minimum atomic E-state index is -0.574. The Labute approximate surface area is 109 Å². The van der Waals surface area contributed by atoms with Gasteiger partial charge in [-0.3, -0.25) is 4.79 Å². The molecule has 18 heavy (non-hydrogen) atoms. The fourth-order valence-corrected chi connectivity index (χ4v) is 1.61. The number of hydrogen-bond donors (Lipinski definition) is 2. The van der Waals surface area contributed by atoms with Crippen molar-refractivity contribution in [2.45, 2.75) is 0 Å². The van der Waals surface area contributed by atoms with Gasteiger partial charge in [0, 0.05) is 6.07 Å². The van der Waals surface area contributed by atoms with Gasteiger partial charge in [-0.15, -0.1) is 0 Å². The lowest BCUT2D eigenvalue weighted by atomic mass is 10.2. The fraction of sp³-hybridized carbons (Fsp3) is 0. The maximum absolute atomic E-state index is 11.2. The normalized spacial score (nSPS) is 10.1. The van der Waals surface area contributed by atoms with E-state index in [4.69, 9.17) is 22.1 Å². The molecule has 0 atom stereocenters. The number of ether oxygens (including phenoxy) is 1. The van der Waals surface area contributed by atoms with Gasteiger partial charge in [-0.2, -0.15) is 0 Å². The number of rotatable bonds is 3. The van der Waals surface area contributed by atoms with Crippen LogP contribution in [0.4, 0.5) is 0 Å². The molecule has 0 heterocycles. The van der Waals surface area contributed by atoms with Crippen LogP contribution < -0.4 is 10.5 Å². The number of primary amides is 1. The number of nitrogens with two attached hydrogens (primary N) is 1. The number of benzene rings is 2. The predicted octanol–water partition coefficient (Wildman–Crippen LogP) is 2.94. The van der Waals surface area contributed by atoms with Crippen molar-refractivity contribution in [1.29, 1.82) is 0 Å². The summed E-state index contributed by atoms with van der Waals surface area (Å²) >= 11 is 5.76. The SMILES string of the molecule is NC(=O)c1ccccc1Oc1ccc(O)c(Cl)c1. The molecule has 0 saturated carbocycles. The molecular weight excluding hydrogens is 254 g/mol. The second kappa shape index (κ2) is 4.98. The summed E-state index contributed by atoms with van der Waals surface area (Å²) in [5, 5.41) is 9.46. The lowest BCUT2D eigenvalue weighted by molar-refractivity contribution is 0.0998. The minimum Gasteiger partial charge on any atom is -0.506 e. The van der Waals surface area contributed by atoms with Gasteiger partial charge in [0.15, 0.2) is 0 Å². The topological polar surface area (TPSA) is 72.6 Å². The molecule has 2 rings (SSSR count). The molecule has 0 unspecified atom stereocenters. The van der Waals surface area contributed by atoms with Gasteiger partial charge in [-0.1, -0.05) is 23.7 Å². The number of carbonyl (C=O) groups is 1. The summed E-state index contributed by atoms with van der Waals surface area (Å²) in [6, 6.07) is 11.0. The standard InChI is InChI=1S/C13H10ClNO3/c14-10-7-8(5-6-11(10)16)18-12-4-2-1-3-9(12)13(15)17/h1-7,16H,(H2,15,17). The Morgan fingerprint density at radius 1 is 1.22 bits per heavy atom. The number of aromatic hydroxyl groups is 1. The minimum absolute atomic E-state index is 0.0350. The van der Waals surface area contributed by atoms with Crippen molar-refractivity contribution in [1.82, 2.24) is 0 Å². The molecule has 0 bridgehead atoms. The van der Waals surface area contributed by atoms with E-state index in [-0.39, 0.29) is 16.3 Å². The molecule has 3 N–H and O–H groups in total. The van der Waals surface area contributed by atoms with Crippen molar-refractivity contribution < 1.29 is 14.6 Å². The van der Waals surface area contributed by atoms with Crippen LogP contribution in [0.1, 0.15) is 10.4 Å². The first kappa shape index (κ1) is 12.3. The number of phenolic OH excluding ortho intramolecular Hbond substituents is 1. The third kappa shape index (κ3) is 2.55. The zero-order valence-electron chi connectivity index (χ0n) is 9.26. The highest BCUT2D eigenvalue weighted by atomic mass is 35.5. The maximum atomic E-state index is 11.2. The smallest absolute Gasteiger partial charge is 0.252 e. The summed E-state index contributed by atoms with van der Waals surface area (Å²) < 4.78 is 5.51. The van der Waals surface area contributed by atoms with Gasteiger partial charge in [0.05, 0.1) is 10.6 Å². The Morgan fingerprint density at radius 3 is 2.61 bits per heavy atom. The molecule has 0 aliphatic carbocycles. The highest BCUT2D eigenvalue weighted by molar-refractivity contribution is 6.32. The van der Waals surface area contributed by atoms with E-state index in [2.05, 4.69) is 0 Å². The van der Waals surface area contributed by atoms with Crippen LogP contribution in [0.25, 0.3) is 0 Å². The van der Waals surface area contributed by atoms with Gasteiger partial charge in [0.25, 0.3) is 5.91 Å². The largest absolute Gasteiger partial charge is 0.506 e. The number of halogens is 1. The molecule has 0 spiro atoms. The molecule has 0 radical (unpaired) electrons. The van der Waals surface area contributed by atoms with Gasteiger partial charge in [-0.25, -0.2) is 0 Å². The van der Waals surface area contributed by atoms with Crippen molar-refractivity contribution in [2.75, 3.05) is 0 Å². The zero-order valence-corrected chi connectivity index (χ0v) is 10.0. The van der Waals surface area contributed by atoms with Gasteiger partial charge in [-0.05, 0) is 24.3 Å². The van der Waals surface area contributed by atoms with E-state index in [1.54, 1.807) is 30.3 Å². The molecule has 5 heteroatoms.